The highest BCUT2D eigenvalue weighted by atomic mass is 16.5. The number of hydroxylamine groups is 1. The van der Waals surface area contributed by atoms with E-state index in [9.17, 15) is 4.79 Å². The van der Waals surface area contributed by atoms with Crippen molar-refractivity contribution in [3.05, 3.63) is 35.4 Å². The molecule has 0 bridgehead atoms. The minimum Gasteiger partial charge on any atom is -0.288 e. The van der Waals surface area contributed by atoms with Crippen LogP contribution in [0.5, 0.6) is 0 Å². The number of hydrogen-bond donors (Lipinski definition) is 2. The molecule has 1 aromatic carbocycles. The van der Waals surface area contributed by atoms with E-state index in [4.69, 9.17) is 5.21 Å². The fourth-order valence-electron chi connectivity index (χ4n) is 1.29. The van der Waals surface area contributed by atoms with Gasteiger partial charge in [0.25, 0.3) is 5.91 Å². The molecule has 0 aliphatic carbocycles. The highest BCUT2D eigenvalue weighted by molar-refractivity contribution is 5.94. The third-order valence-electron chi connectivity index (χ3n) is 1.88. The molecule has 3 nitrogen and oxygen atoms in total. The normalized spacial score (nSPS) is 9.69. The largest absolute Gasteiger partial charge is 0.288 e. The van der Waals surface area contributed by atoms with E-state index in [1.807, 2.05) is 19.1 Å². The Hall–Kier alpha value is -1.35. The van der Waals surface area contributed by atoms with Gasteiger partial charge in [-0.15, -0.1) is 0 Å². The first kappa shape index (κ1) is 9.74. The molecule has 3 heteroatoms. The molecule has 1 amide bonds. The molecular formula is C10H13NO2. The van der Waals surface area contributed by atoms with Gasteiger partial charge in [0.15, 0.2) is 0 Å². The van der Waals surface area contributed by atoms with Crippen LogP contribution in [0, 0.1) is 0 Å². The molecule has 0 radical (unpaired) electrons. The van der Waals surface area contributed by atoms with Gasteiger partial charge in [-0.1, -0.05) is 31.5 Å². The van der Waals surface area contributed by atoms with E-state index < -0.39 is 5.91 Å². The van der Waals surface area contributed by atoms with Crippen molar-refractivity contribution in [3.8, 4) is 0 Å². The minimum absolute atomic E-state index is 0.441. The van der Waals surface area contributed by atoms with Crippen molar-refractivity contribution in [2.45, 2.75) is 19.8 Å². The van der Waals surface area contributed by atoms with E-state index in [0.29, 0.717) is 5.56 Å². The Morgan fingerprint density at radius 1 is 1.46 bits per heavy atom. The number of benzene rings is 1. The quantitative estimate of drug-likeness (QED) is 0.548. The van der Waals surface area contributed by atoms with E-state index in [-0.39, 0.29) is 0 Å². The molecule has 1 aromatic rings. The fraction of sp³-hybridized carbons (Fsp3) is 0.300. The van der Waals surface area contributed by atoms with Crippen LogP contribution in [-0.4, -0.2) is 11.1 Å². The third kappa shape index (κ3) is 2.29. The summed E-state index contributed by atoms with van der Waals surface area (Å²) in [6.07, 6.45) is 1.83. The van der Waals surface area contributed by atoms with Crippen LogP contribution in [-0.2, 0) is 6.42 Å². The van der Waals surface area contributed by atoms with Crippen LogP contribution in [0.4, 0.5) is 0 Å². The van der Waals surface area contributed by atoms with Gasteiger partial charge in [-0.05, 0) is 18.1 Å². The summed E-state index contributed by atoms with van der Waals surface area (Å²) in [5.41, 5.74) is 3.16. The first-order valence-corrected chi connectivity index (χ1v) is 4.32. The van der Waals surface area contributed by atoms with Crippen molar-refractivity contribution >= 4 is 5.91 Å². The molecule has 0 spiro atoms. The summed E-state index contributed by atoms with van der Waals surface area (Å²) >= 11 is 0. The molecule has 0 atom stereocenters. The molecule has 2 N–H and O–H groups in total. The van der Waals surface area contributed by atoms with E-state index in [2.05, 4.69) is 0 Å². The van der Waals surface area contributed by atoms with Crippen LogP contribution in [0.2, 0.25) is 0 Å². The zero-order chi connectivity index (χ0) is 9.68. The Balaban J connectivity index is 2.97. The van der Waals surface area contributed by atoms with Crippen molar-refractivity contribution in [2.75, 3.05) is 0 Å². The van der Waals surface area contributed by atoms with Gasteiger partial charge in [0.05, 0.1) is 0 Å². The summed E-state index contributed by atoms with van der Waals surface area (Å²) in [4.78, 5) is 11.1. The lowest BCUT2D eigenvalue weighted by molar-refractivity contribution is 0.0705. The number of carbonyl (C=O) groups is 1. The molecule has 0 fully saturated rings. The molecule has 13 heavy (non-hydrogen) atoms. The van der Waals surface area contributed by atoms with Crippen LogP contribution in [0.25, 0.3) is 0 Å². The lowest BCUT2D eigenvalue weighted by Crippen LogP contribution is -2.20. The molecule has 70 valence electrons. The molecular weight excluding hydrogens is 166 g/mol. The maximum atomic E-state index is 11.1. The Labute approximate surface area is 77.4 Å². The summed E-state index contributed by atoms with van der Waals surface area (Å²) in [7, 11) is 0. The summed E-state index contributed by atoms with van der Waals surface area (Å²) in [5.74, 6) is -0.441. The second kappa shape index (κ2) is 4.62. The van der Waals surface area contributed by atoms with Gasteiger partial charge in [0, 0.05) is 5.56 Å². The predicted molar refractivity (Wildman–Crippen MR) is 49.7 cm³/mol. The Morgan fingerprint density at radius 2 is 2.15 bits per heavy atom. The Morgan fingerprint density at radius 3 is 2.77 bits per heavy atom. The zero-order valence-electron chi connectivity index (χ0n) is 7.58. The Bertz CT molecular complexity index is 297. The zero-order valence-corrected chi connectivity index (χ0v) is 7.58. The second-order valence-corrected chi connectivity index (χ2v) is 2.85. The standard InChI is InChI=1S/C10H13NO2/c1-2-5-8-6-3-4-7-9(8)10(12)11-13/h3-4,6-7,13H,2,5H2,1H3,(H,11,12). The van der Waals surface area contributed by atoms with Gasteiger partial charge < -0.3 is 0 Å². The highest BCUT2D eigenvalue weighted by Crippen LogP contribution is 2.10. The third-order valence-corrected chi connectivity index (χ3v) is 1.88. The minimum atomic E-state index is -0.441. The van der Waals surface area contributed by atoms with Crippen molar-refractivity contribution in [2.24, 2.45) is 0 Å². The number of hydrogen-bond acceptors (Lipinski definition) is 2. The molecule has 0 aliphatic heterocycles. The Kier molecular flexibility index (Phi) is 3.46. The smallest absolute Gasteiger partial charge is 0.274 e. The maximum absolute atomic E-state index is 11.1. The average Bonchev–Trinajstić information content (AvgIpc) is 2.18. The number of carbonyl (C=O) groups excluding carboxylic acids is 1. The lowest BCUT2D eigenvalue weighted by Gasteiger charge is -2.05. The van der Waals surface area contributed by atoms with Crippen LogP contribution in [0.1, 0.15) is 29.3 Å². The van der Waals surface area contributed by atoms with Crippen molar-refractivity contribution in [1.82, 2.24) is 5.48 Å². The van der Waals surface area contributed by atoms with E-state index in [0.717, 1.165) is 18.4 Å². The summed E-state index contributed by atoms with van der Waals surface area (Å²) in [6.45, 7) is 2.05. The number of nitrogens with one attached hydrogen (secondary N) is 1. The number of rotatable bonds is 3. The van der Waals surface area contributed by atoms with Crippen LogP contribution in [0.15, 0.2) is 24.3 Å². The SMILES string of the molecule is CCCc1ccccc1C(=O)NO. The molecule has 0 aromatic heterocycles. The van der Waals surface area contributed by atoms with E-state index in [1.54, 1.807) is 17.6 Å². The van der Waals surface area contributed by atoms with Gasteiger partial charge >= 0.3 is 0 Å². The summed E-state index contributed by atoms with van der Waals surface area (Å²) in [6, 6.07) is 7.27. The summed E-state index contributed by atoms with van der Waals surface area (Å²) in [5, 5.41) is 8.48. The molecule has 0 aliphatic rings. The molecule has 0 saturated carbocycles. The predicted octanol–water partition coefficient (Wildman–Crippen LogP) is 1.76. The van der Waals surface area contributed by atoms with Crippen LogP contribution in [0.3, 0.4) is 0 Å². The monoisotopic (exact) mass is 179 g/mol. The van der Waals surface area contributed by atoms with Gasteiger partial charge in [-0.3, -0.25) is 10.0 Å². The van der Waals surface area contributed by atoms with E-state index in [1.165, 1.54) is 0 Å². The molecule has 0 unspecified atom stereocenters. The molecule has 0 heterocycles. The summed E-state index contributed by atoms with van der Waals surface area (Å²) < 4.78 is 0. The van der Waals surface area contributed by atoms with Crippen LogP contribution < -0.4 is 5.48 Å². The van der Waals surface area contributed by atoms with Crippen molar-refractivity contribution < 1.29 is 10.0 Å². The van der Waals surface area contributed by atoms with Crippen molar-refractivity contribution in [3.63, 3.8) is 0 Å². The number of amides is 1. The van der Waals surface area contributed by atoms with Gasteiger partial charge in [-0.25, -0.2) is 5.48 Å². The van der Waals surface area contributed by atoms with Crippen molar-refractivity contribution in [1.29, 1.82) is 0 Å². The topological polar surface area (TPSA) is 49.3 Å². The highest BCUT2D eigenvalue weighted by Gasteiger charge is 2.07. The molecule has 1 rings (SSSR count). The fourth-order valence-corrected chi connectivity index (χ4v) is 1.29. The second-order valence-electron chi connectivity index (χ2n) is 2.85. The van der Waals surface area contributed by atoms with E-state index >= 15 is 0 Å². The first-order chi connectivity index (χ1) is 6.29. The number of aryl methyl sites for hydroxylation is 1. The first-order valence-electron chi connectivity index (χ1n) is 4.32. The van der Waals surface area contributed by atoms with Gasteiger partial charge in [0.2, 0.25) is 0 Å². The van der Waals surface area contributed by atoms with Crippen LogP contribution >= 0.6 is 0 Å². The van der Waals surface area contributed by atoms with Gasteiger partial charge in [-0.2, -0.15) is 0 Å². The lowest BCUT2D eigenvalue weighted by atomic mass is 10.0. The average molecular weight is 179 g/mol. The van der Waals surface area contributed by atoms with Gasteiger partial charge in [0.1, 0.15) is 0 Å². The maximum Gasteiger partial charge on any atom is 0.274 e. The molecule has 0 saturated heterocycles.